The van der Waals surface area contributed by atoms with Crippen molar-refractivity contribution < 1.29 is 5.11 Å². The molecule has 0 fully saturated rings. The highest BCUT2D eigenvalue weighted by molar-refractivity contribution is 5.84. The molecular formula is C15H26N2O. The van der Waals surface area contributed by atoms with Gasteiger partial charge < -0.3 is 15.8 Å². The molecule has 0 aliphatic carbocycles. The standard InChI is InChI=1S/C10H12N2O.C3H8.C2H6/c11-4-3-7-6-12-10-2-1-8(13)5-9(7)10;1-3-2;1-2/h1-2,5-6,12-13H,3-4,11H2;3H2,1-2H3;1-2H3. The van der Waals surface area contributed by atoms with Gasteiger partial charge in [-0.15, -0.1) is 0 Å². The Kier molecular flexibility index (Phi) is 8.76. The first kappa shape index (κ1) is 16.5. The molecule has 0 aliphatic rings. The Morgan fingerprint density at radius 1 is 1.22 bits per heavy atom. The number of H-pyrrole nitrogens is 1. The average Bonchev–Trinajstić information content (AvgIpc) is 2.76. The number of aromatic amines is 1. The molecule has 0 unspecified atom stereocenters. The maximum absolute atomic E-state index is 9.30. The zero-order valence-corrected chi connectivity index (χ0v) is 12.0. The lowest BCUT2D eigenvalue weighted by molar-refractivity contribution is 0.476. The Hall–Kier alpha value is -1.48. The highest BCUT2D eigenvalue weighted by Gasteiger charge is 2.02. The molecule has 2 rings (SSSR count). The molecular weight excluding hydrogens is 224 g/mol. The summed E-state index contributed by atoms with van der Waals surface area (Å²) in [5.74, 6) is 0.297. The molecule has 2 aromatic rings. The van der Waals surface area contributed by atoms with Gasteiger partial charge in [-0.05, 0) is 36.7 Å². The highest BCUT2D eigenvalue weighted by atomic mass is 16.3. The van der Waals surface area contributed by atoms with E-state index in [0.29, 0.717) is 12.3 Å². The molecule has 0 amide bonds. The number of aromatic nitrogens is 1. The van der Waals surface area contributed by atoms with E-state index in [1.54, 1.807) is 12.1 Å². The molecule has 1 heterocycles. The van der Waals surface area contributed by atoms with Crippen molar-refractivity contribution in [1.29, 1.82) is 0 Å². The van der Waals surface area contributed by atoms with Crippen molar-refractivity contribution in [3.63, 3.8) is 0 Å². The Morgan fingerprint density at radius 2 is 1.83 bits per heavy atom. The molecule has 102 valence electrons. The maximum atomic E-state index is 9.30. The smallest absolute Gasteiger partial charge is 0.116 e. The number of hydrogen-bond donors (Lipinski definition) is 3. The fourth-order valence-electron chi connectivity index (χ4n) is 1.53. The van der Waals surface area contributed by atoms with Crippen LogP contribution in [0.25, 0.3) is 10.9 Å². The van der Waals surface area contributed by atoms with Crippen molar-refractivity contribution in [3.05, 3.63) is 30.0 Å². The summed E-state index contributed by atoms with van der Waals surface area (Å²) < 4.78 is 0. The minimum atomic E-state index is 0.297. The van der Waals surface area contributed by atoms with Gasteiger partial charge >= 0.3 is 0 Å². The molecule has 0 radical (unpaired) electrons. The maximum Gasteiger partial charge on any atom is 0.116 e. The van der Waals surface area contributed by atoms with Gasteiger partial charge in [0.25, 0.3) is 0 Å². The molecule has 1 aromatic carbocycles. The Balaban J connectivity index is 0.000000509. The summed E-state index contributed by atoms with van der Waals surface area (Å²) >= 11 is 0. The van der Waals surface area contributed by atoms with E-state index in [9.17, 15) is 5.11 Å². The zero-order chi connectivity index (χ0) is 14.0. The normalized spacial score (nSPS) is 9.17. The number of rotatable bonds is 2. The van der Waals surface area contributed by atoms with Crippen molar-refractivity contribution in [2.24, 2.45) is 5.73 Å². The van der Waals surface area contributed by atoms with Crippen LogP contribution in [0.5, 0.6) is 5.75 Å². The van der Waals surface area contributed by atoms with Crippen molar-refractivity contribution in [1.82, 2.24) is 4.98 Å². The van der Waals surface area contributed by atoms with E-state index in [-0.39, 0.29) is 0 Å². The van der Waals surface area contributed by atoms with Crippen LogP contribution in [0.3, 0.4) is 0 Å². The number of hydrogen-bond acceptors (Lipinski definition) is 2. The number of benzene rings is 1. The molecule has 1 aromatic heterocycles. The van der Waals surface area contributed by atoms with Crippen molar-refractivity contribution in [2.75, 3.05) is 6.54 Å². The van der Waals surface area contributed by atoms with E-state index in [1.165, 1.54) is 6.42 Å². The molecule has 3 heteroatoms. The summed E-state index contributed by atoms with van der Waals surface area (Å²) in [4.78, 5) is 3.13. The van der Waals surface area contributed by atoms with Crippen LogP contribution >= 0.6 is 0 Å². The molecule has 0 atom stereocenters. The monoisotopic (exact) mass is 250 g/mol. The number of nitrogens with one attached hydrogen (secondary N) is 1. The quantitative estimate of drug-likeness (QED) is 0.758. The molecule has 0 spiro atoms. The van der Waals surface area contributed by atoms with E-state index < -0.39 is 0 Å². The van der Waals surface area contributed by atoms with E-state index in [1.807, 2.05) is 26.1 Å². The third-order valence-corrected chi connectivity index (χ3v) is 2.16. The van der Waals surface area contributed by atoms with Crippen LogP contribution < -0.4 is 5.73 Å². The number of phenolic OH excluding ortho intramolecular Hbond substituents is 1. The van der Waals surface area contributed by atoms with Gasteiger partial charge in [-0.1, -0.05) is 34.1 Å². The fourth-order valence-corrected chi connectivity index (χ4v) is 1.53. The summed E-state index contributed by atoms with van der Waals surface area (Å²) in [6.07, 6.45) is 4.03. The lowest BCUT2D eigenvalue weighted by Gasteiger charge is -1.96. The second-order valence-electron chi connectivity index (χ2n) is 3.79. The summed E-state index contributed by atoms with van der Waals surface area (Å²) in [5, 5.41) is 10.4. The topological polar surface area (TPSA) is 62.0 Å². The lowest BCUT2D eigenvalue weighted by Crippen LogP contribution is -2.01. The third-order valence-electron chi connectivity index (χ3n) is 2.16. The summed E-state index contributed by atoms with van der Waals surface area (Å²) in [6, 6.07) is 5.30. The first-order chi connectivity index (χ1) is 8.72. The molecule has 3 nitrogen and oxygen atoms in total. The lowest BCUT2D eigenvalue weighted by atomic mass is 10.1. The number of aromatic hydroxyl groups is 1. The van der Waals surface area contributed by atoms with Gasteiger partial charge in [0, 0.05) is 17.1 Å². The van der Waals surface area contributed by atoms with Gasteiger partial charge in [-0.25, -0.2) is 0 Å². The van der Waals surface area contributed by atoms with Crippen LogP contribution in [0.4, 0.5) is 0 Å². The largest absolute Gasteiger partial charge is 0.508 e. The minimum Gasteiger partial charge on any atom is -0.508 e. The van der Waals surface area contributed by atoms with Gasteiger partial charge in [0.15, 0.2) is 0 Å². The summed E-state index contributed by atoms with van der Waals surface area (Å²) in [6.45, 7) is 8.88. The van der Waals surface area contributed by atoms with E-state index in [4.69, 9.17) is 5.73 Å². The van der Waals surface area contributed by atoms with Crippen molar-refractivity contribution in [2.45, 2.75) is 40.5 Å². The first-order valence-corrected chi connectivity index (χ1v) is 6.72. The zero-order valence-electron chi connectivity index (χ0n) is 12.0. The molecule has 0 saturated carbocycles. The molecule has 18 heavy (non-hydrogen) atoms. The van der Waals surface area contributed by atoms with E-state index >= 15 is 0 Å². The van der Waals surface area contributed by atoms with Crippen LogP contribution in [-0.4, -0.2) is 16.6 Å². The number of phenols is 1. The van der Waals surface area contributed by atoms with Gasteiger partial charge in [0.2, 0.25) is 0 Å². The number of nitrogens with two attached hydrogens (primary N) is 1. The first-order valence-electron chi connectivity index (χ1n) is 6.72. The van der Waals surface area contributed by atoms with Crippen LogP contribution in [0, 0.1) is 0 Å². The van der Waals surface area contributed by atoms with Gasteiger partial charge in [0.1, 0.15) is 5.75 Å². The van der Waals surface area contributed by atoms with Crippen LogP contribution in [0.1, 0.15) is 39.7 Å². The summed E-state index contributed by atoms with van der Waals surface area (Å²) in [7, 11) is 0. The number of fused-ring (bicyclic) bond motifs is 1. The van der Waals surface area contributed by atoms with E-state index in [2.05, 4.69) is 18.8 Å². The highest BCUT2D eigenvalue weighted by Crippen LogP contribution is 2.22. The fraction of sp³-hybridized carbons (Fsp3) is 0.467. The SMILES string of the molecule is CC.CCC.NCCc1c[nH]c2ccc(O)cc12. The van der Waals surface area contributed by atoms with Crippen molar-refractivity contribution in [3.8, 4) is 5.75 Å². The Bertz CT molecular complexity index is 435. The van der Waals surface area contributed by atoms with Crippen LogP contribution in [-0.2, 0) is 6.42 Å². The second kappa shape index (κ2) is 9.54. The average molecular weight is 250 g/mol. The van der Waals surface area contributed by atoms with Gasteiger partial charge in [-0.3, -0.25) is 0 Å². The molecule has 0 aliphatic heterocycles. The third kappa shape index (κ3) is 4.80. The van der Waals surface area contributed by atoms with Crippen LogP contribution in [0.15, 0.2) is 24.4 Å². The Morgan fingerprint density at radius 3 is 2.39 bits per heavy atom. The predicted molar refractivity (Wildman–Crippen MR) is 80.0 cm³/mol. The van der Waals surface area contributed by atoms with Gasteiger partial charge in [0.05, 0.1) is 0 Å². The predicted octanol–water partition coefficient (Wildman–Crippen LogP) is 3.82. The minimum absolute atomic E-state index is 0.297. The van der Waals surface area contributed by atoms with Crippen LogP contribution in [0.2, 0.25) is 0 Å². The van der Waals surface area contributed by atoms with E-state index in [0.717, 1.165) is 22.9 Å². The molecule has 4 N–H and O–H groups in total. The van der Waals surface area contributed by atoms with Crippen molar-refractivity contribution >= 4 is 10.9 Å². The molecule has 0 bridgehead atoms. The second-order valence-corrected chi connectivity index (χ2v) is 3.79. The molecule has 0 saturated heterocycles. The summed E-state index contributed by atoms with van der Waals surface area (Å²) in [5.41, 5.74) is 7.68. The van der Waals surface area contributed by atoms with Gasteiger partial charge in [-0.2, -0.15) is 0 Å². The Labute approximate surface area is 110 Å².